The number of nitrogens with two attached hydrogens (primary N) is 1. The summed E-state index contributed by atoms with van der Waals surface area (Å²) in [6.45, 7) is 2.85. The van der Waals surface area contributed by atoms with Crippen LogP contribution in [0.3, 0.4) is 0 Å². The van der Waals surface area contributed by atoms with Gasteiger partial charge in [0.25, 0.3) is 5.91 Å². The second-order valence-corrected chi connectivity index (χ2v) is 5.24. The molecule has 1 heterocycles. The van der Waals surface area contributed by atoms with Gasteiger partial charge < -0.3 is 20.1 Å². The van der Waals surface area contributed by atoms with Gasteiger partial charge in [0.1, 0.15) is 5.75 Å². The number of benzene rings is 1. The fraction of sp³-hybridized carbons (Fsp3) is 0.562. The van der Waals surface area contributed by atoms with Crippen LogP contribution >= 0.6 is 0 Å². The van der Waals surface area contributed by atoms with E-state index >= 15 is 0 Å². The van der Waals surface area contributed by atoms with Gasteiger partial charge in [0.05, 0.1) is 13.2 Å². The van der Waals surface area contributed by atoms with E-state index in [2.05, 4.69) is 0 Å². The van der Waals surface area contributed by atoms with Crippen molar-refractivity contribution < 1.29 is 14.3 Å². The monoisotopic (exact) mass is 292 g/mol. The Hall–Kier alpha value is -1.59. The molecule has 1 aliphatic heterocycles. The maximum absolute atomic E-state index is 12.4. The van der Waals surface area contributed by atoms with Crippen LogP contribution in [0, 0.1) is 0 Å². The molecule has 1 aromatic rings. The summed E-state index contributed by atoms with van der Waals surface area (Å²) in [5, 5.41) is 0. The van der Waals surface area contributed by atoms with E-state index in [4.69, 9.17) is 15.2 Å². The van der Waals surface area contributed by atoms with Crippen molar-refractivity contribution in [3.8, 4) is 5.75 Å². The quantitative estimate of drug-likeness (QED) is 0.810. The van der Waals surface area contributed by atoms with Crippen LogP contribution in [0.25, 0.3) is 0 Å². The first-order valence-electron chi connectivity index (χ1n) is 7.49. The summed E-state index contributed by atoms with van der Waals surface area (Å²) in [5.74, 6) is 0.773. The van der Waals surface area contributed by atoms with E-state index in [0.29, 0.717) is 24.5 Å². The second-order valence-electron chi connectivity index (χ2n) is 5.24. The lowest BCUT2D eigenvalue weighted by molar-refractivity contribution is 0.00844. The number of carbonyl (C=O) groups is 1. The van der Waals surface area contributed by atoms with E-state index in [-0.39, 0.29) is 12.0 Å². The molecule has 1 amide bonds. The maximum Gasteiger partial charge on any atom is 0.253 e. The summed E-state index contributed by atoms with van der Waals surface area (Å²) >= 11 is 0. The number of ether oxygens (including phenoxy) is 2. The second kappa shape index (κ2) is 8.00. The van der Waals surface area contributed by atoms with Crippen molar-refractivity contribution >= 4 is 5.91 Å². The van der Waals surface area contributed by atoms with Gasteiger partial charge >= 0.3 is 0 Å². The molecule has 5 heteroatoms. The van der Waals surface area contributed by atoms with Crippen molar-refractivity contribution in [2.75, 3.05) is 33.4 Å². The predicted molar refractivity (Wildman–Crippen MR) is 81.5 cm³/mol. The van der Waals surface area contributed by atoms with Gasteiger partial charge in [0.15, 0.2) is 0 Å². The third kappa shape index (κ3) is 4.44. The Morgan fingerprint density at radius 1 is 1.38 bits per heavy atom. The topological polar surface area (TPSA) is 64.8 Å². The van der Waals surface area contributed by atoms with Gasteiger partial charge in [-0.05, 0) is 44.0 Å². The fourth-order valence-electron chi connectivity index (χ4n) is 2.50. The summed E-state index contributed by atoms with van der Waals surface area (Å²) in [6, 6.07) is 7.30. The maximum atomic E-state index is 12.4. The molecule has 1 aliphatic rings. The van der Waals surface area contributed by atoms with E-state index in [1.165, 1.54) is 0 Å². The zero-order valence-electron chi connectivity index (χ0n) is 12.6. The first-order valence-corrected chi connectivity index (χ1v) is 7.49. The highest BCUT2D eigenvalue weighted by Gasteiger charge is 2.24. The normalized spacial score (nSPS) is 16.0. The molecule has 21 heavy (non-hydrogen) atoms. The Morgan fingerprint density at radius 3 is 2.81 bits per heavy atom. The first kappa shape index (κ1) is 15.8. The van der Waals surface area contributed by atoms with E-state index in [9.17, 15) is 4.79 Å². The lowest BCUT2D eigenvalue weighted by Crippen LogP contribution is -2.41. The summed E-state index contributed by atoms with van der Waals surface area (Å²) in [4.78, 5) is 14.3. The number of piperidine rings is 1. The number of carbonyl (C=O) groups excluding carboxylic acids is 1. The third-order valence-electron chi connectivity index (χ3n) is 3.75. The van der Waals surface area contributed by atoms with E-state index in [1.54, 1.807) is 13.2 Å². The zero-order chi connectivity index (χ0) is 15.1. The Morgan fingerprint density at radius 2 is 2.14 bits per heavy atom. The largest absolute Gasteiger partial charge is 0.497 e. The highest BCUT2D eigenvalue weighted by Crippen LogP contribution is 2.19. The molecule has 0 bridgehead atoms. The zero-order valence-corrected chi connectivity index (χ0v) is 12.6. The van der Waals surface area contributed by atoms with Crippen LogP contribution in [0.4, 0.5) is 0 Å². The minimum atomic E-state index is 0.0642. The highest BCUT2D eigenvalue weighted by molar-refractivity contribution is 5.94. The van der Waals surface area contributed by atoms with Crippen LogP contribution in [-0.2, 0) is 4.74 Å². The van der Waals surface area contributed by atoms with Crippen molar-refractivity contribution in [1.29, 1.82) is 0 Å². The van der Waals surface area contributed by atoms with E-state index in [0.717, 1.165) is 32.4 Å². The molecule has 1 aromatic carbocycles. The number of nitrogens with zero attached hydrogens (tertiary/aromatic N) is 1. The van der Waals surface area contributed by atoms with Crippen molar-refractivity contribution in [3.05, 3.63) is 29.8 Å². The van der Waals surface area contributed by atoms with Crippen molar-refractivity contribution in [2.45, 2.75) is 25.4 Å². The average Bonchev–Trinajstić information content (AvgIpc) is 2.55. The summed E-state index contributed by atoms with van der Waals surface area (Å²) in [6.07, 6.45) is 2.93. The van der Waals surface area contributed by atoms with E-state index < -0.39 is 0 Å². The third-order valence-corrected chi connectivity index (χ3v) is 3.75. The van der Waals surface area contributed by atoms with E-state index in [1.807, 2.05) is 23.1 Å². The van der Waals surface area contributed by atoms with Crippen LogP contribution in [-0.4, -0.2) is 50.3 Å². The molecule has 0 atom stereocenters. The first-order chi connectivity index (χ1) is 10.2. The van der Waals surface area contributed by atoms with Crippen LogP contribution in [0.1, 0.15) is 29.6 Å². The molecule has 1 saturated heterocycles. The summed E-state index contributed by atoms with van der Waals surface area (Å²) in [7, 11) is 1.60. The molecule has 116 valence electrons. The number of hydrogen-bond donors (Lipinski definition) is 1. The van der Waals surface area contributed by atoms with Gasteiger partial charge in [-0.1, -0.05) is 6.07 Å². The molecular weight excluding hydrogens is 268 g/mol. The van der Waals surface area contributed by atoms with Gasteiger partial charge in [-0.25, -0.2) is 0 Å². The molecule has 0 unspecified atom stereocenters. The van der Waals surface area contributed by atoms with Gasteiger partial charge in [0, 0.05) is 25.3 Å². The predicted octanol–water partition coefficient (Wildman–Crippen LogP) is 1.67. The van der Waals surface area contributed by atoms with Gasteiger partial charge in [-0.2, -0.15) is 0 Å². The lowest BCUT2D eigenvalue weighted by atomic mass is 10.1. The molecule has 2 rings (SSSR count). The Balaban J connectivity index is 1.85. The molecule has 5 nitrogen and oxygen atoms in total. The van der Waals surface area contributed by atoms with Crippen LogP contribution in [0.2, 0.25) is 0 Å². The SMILES string of the molecule is COc1cccc(C(=O)N2CCC(OCCCN)CC2)c1. The van der Waals surface area contributed by atoms with Crippen LogP contribution in [0.5, 0.6) is 5.75 Å². The van der Waals surface area contributed by atoms with Crippen molar-refractivity contribution in [1.82, 2.24) is 4.90 Å². The van der Waals surface area contributed by atoms with Crippen molar-refractivity contribution in [2.24, 2.45) is 5.73 Å². The number of hydrogen-bond acceptors (Lipinski definition) is 4. The molecule has 1 fully saturated rings. The smallest absolute Gasteiger partial charge is 0.253 e. The molecule has 0 radical (unpaired) electrons. The number of amides is 1. The van der Waals surface area contributed by atoms with Gasteiger partial charge in [-0.15, -0.1) is 0 Å². The molecule has 0 spiro atoms. The molecule has 0 aliphatic carbocycles. The molecule has 2 N–H and O–H groups in total. The Kier molecular flexibility index (Phi) is 6.02. The number of likely N-dealkylation sites (tertiary alicyclic amines) is 1. The minimum absolute atomic E-state index is 0.0642. The molecule has 0 aromatic heterocycles. The summed E-state index contributed by atoms with van der Waals surface area (Å²) in [5.41, 5.74) is 6.13. The van der Waals surface area contributed by atoms with Gasteiger partial charge in [0.2, 0.25) is 0 Å². The number of methoxy groups -OCH3 is 1. The molecular formula is C16H24N2O3. The average molecular weight is 292 g/mol. The highest BCUT2D eigenvalue weighted by atomic mass is 16.5. The molecule has 0 saturated carbocycles. The Labute approximate surface area is 126 Å². The van der Waals surface area contributed by atoms with Crippen LogP contribution < -0.4 is 10.5 Å². The number of rotatable bonds is 6. The van der Waals surface area contributed by atoms with Crippen molar-refractivity contribution in [3.63, 3.8) is 0 Å². The van der Waals surface area contributed by atoms with Crippen LogP contribution in [0.15, 0.2) is 24.3 Å². The summed E-state index contributed by atoms with van der Waals surface area (Å²) < 4.78 is 10.9. The standard InChI is InChI=1S/C16H24N2O3/c1-20-15-5-2-4-13(12-15)16(19)18-9-6-14(7-10-18)21-11-3-8-17/h2,4-5,12,14H,3,6-11,17H2,1H3. The fourth-order valence-corrected chi connectivity index (χ4v) is 2.50. The Bertz CT molecular complexity index is 457. The minimum Gasteiger partial charge on any atom is -0.497 e. The van der Waals surface area contributed by atoms with Gasteiger partial charge in [-0.3, -0.25) is 4.79 Å². The lowest BCUT2D eigenvalue weighted by Gasteiger charge is -2.32.